The molecule has 0 saturated carbocycles. The van der Waals surface area contributed by atoms with Gasteiger partial charge in [0.05, 0.1) is 0 Å². The van der Waals surface area contributed by atoms with Crippen LogP contribution < -0.4 is 0 Å². The molecule has 0 rings (SSSR count). The quantitative estimate of drug-likeness (QED) is 0.592. The molecule has 0 aromatic carbocycles. The van der Waals surface area contributed by atoms with Gasteiger partial charge in [-0.1, -0.05) is 39.3 Å². The zero-order valence-electron chi connectivity index (χ0n) is 7.71. The summed E-state index contributed by atoms with van der Waals surface area (Å²) >= 11 is 0. The second-order valence-corrected chi connectivity index (χ2v) is 9.00. The van der Waals surface area contributed by atoms with Gasteiger partial charge >= 0.3 is 0 Å². The smallest absolute Gasteiger partial charge is 0.0379 e. The van der Waals surface area contributed by atoms with Gasteiger partial charge in [0, 0.05) is 45.3 Å². The van der Waals surface area contributed by atoms with E-state index in [2.05, 4.69) is 39.3 Å². The fourth-order valence-electron chi connectivity index (χ4n) is 0. The third-order valence-corrected chi connectivity index (χ3v) is 0. The number of rotatable bonds is 0. The normalized spacial score (nSPS) is 8.00. The molecule has 0 aliphatic heterocycles. The molecule has 0 spiro atoms. The van der Waals surface area contributed by atoms with Crippen LogP contribution in [0.3, 0.4) is 0 Å². The SMILES string of the molecule is C[Si](C)C.C[Si](C)C.[Hg]. The van der Waals surface area contributed by atoms with Crippen LogP contribution in [-0.4, -0.2) is 17.6 Å². The molecule has 0 bridgehead atoms. The molecule has 0 heterocycles. The van der Waals surface area contributed by atoms with E-state index in [-0.39, 0.29) is 45.3 Å². The molecular weight excluding hydrogens is 329 g/mol. The Morgan fingerprint density at radius 2 is 0.556 bits per heavy atom. The summed E-state index contributed by atoms with van der Waals surface area (Å²) in [5.74, 6) is 0. The molecule has 0 aromatic rings. The van der Waals surface area contributed by atoms with Crippen molar-refractivity contribution >= 4 is 17.6 Å². The van der Waals surface area contributed by atoms with Crippen LogP contribution in [-0.2, 0) is 27.7 Å². The third kappa shape index (κ3) is 272. The summed E-state index contributed by atoms with van der Waals surface area (Å²) in [4.78, 5) is 0. The van der Waals surface area contributed by atoms with Gasteiger partial charge < -0.3 is 0 Å². The molecule has 0 nitrogen and oxygen atoms in total. The largest absolute Gasteiger partial charge is 0.0715 e. The van der Waals surface area contributed by atoms with Crippen molar-refractivity contribution in [2.24, 2.45) is 0 Å². The monoisotopic (exact) mass is 348 g/mol. The summed E-state index contributed by atoms with van der Waals surface area (Å²) in [5, 5.41) is 0. The average Bonchev–Trinajstić information content (AvgIpc) is 1.25. The fraction of sp³-hybridized carbons (Fsp3) is 1.00. The summed E-state index contributed by atoms with van der Waals surface area (Å²) in [6.07, 6.45) is 0. The fourth-order valence-corrected chi connectivity index (χ4v) is 0. The maximum Gasteiger partial charge on any atom is 0.0379 e. The predicted octanol–water partition coefficient (Wildman–Crippen LogP) is 2.74. The van der Waals surface area contributed by atoms with Crippen molar-refractivity contribution in [3.63, 3.8) is 0 Å². The van der Waals surface area contributed by atoms with E-state index in [0.29, 0.717) is 0 Å². The van der Waals surface area contributed by atoms with E-state index < -0.39 is 0 Å². The molecule has 2 radical (unpaired) electrons. The van der Waals surface area contributed by atoms with Crippen LogP contribution in [0, 0.1) is 0 Å². The molecule has 0 aromatic heterocycles. The van der Waals surface area contributed by atoms with Gasteiger partial charge in [-0.2, -0.15) is 0 Å². The van der Waals surface area contributed by atoms with Gasteiger partial charge in [0.1, 0.15) is 0 Å². The van der Waals surface area contributed by atoms with E-state index in [1.54, 1.807) is 0 Å². The van der Waals surface area contributed by atoms with Gasteiger partial charge in [-0.25, -0.2) is 0 Å². The predicted molar refractivity (Wildman–Crippen MR) is 46.7 cm³/mol. The Balaban J connectivity index is -0.0000000720. The van der Waals surface area contributed by atoms with Crippen molar-refractivity contribution in [3.05, 3.63) is 0 Å². The molecule has 0 amide bonds. The number of hydrogen-bond acceptors (Lipinski definition) is 0. The maximum absolute atomic E-state index is 2.27. The first-order chi connectivity index (χ1) is 3.46. The van der Waals surface area contributed by atoms with Gasteiger partial charge in [0.15, 0.2) is 0 Å². The molecule has 0 aliphatic carbocycles. The van der Waals surface area contributed by atoms with Gasteiger partial charge in [0.2, 0.25) is 0 Å². The molecule has 9 heavy (non-hydrogen) atoms. The summed E-state index contributed by atoms with van der Waals surface area (Å²) in [6, 6.07) is 0. The first-order valence-corrected chi connectivity index (χ1v) is 9.00. The van der Waals surface area contributed by atoms with Gasteiger partial charge in [0.25, 0.3) is 0 Å². The first-order valence-electron chi connectivity index (χ1n) is 3.00. The van der Waals surface area contributed by atoms with Crippen LogP contribution in [0.4, 0.5) is 0 Å². The third-order valence-electron chi connectivity index (χ3n) is 0. The van der Waals surface area contributed by atoms with Gasteiger partial charge in [-0.15, -0.1) is 0 Å². The van der Waals surface area contributed by atoms with Crippen molar-refractivity contribution in [3.8, 4) is 0 Å². The van der Waals surface area contributed by atoms with Crippen LogP contribution in [0.25, 0.3) is 0 Å². The molecule has 52 valence electrons. The van der Waals surface area contributed by atoms with Crippen molar-refractivity contribution in [1.29, 1.82) is 0 Å². The first kappa shape index (κ1) is 16.8. The standard InChI is InChI=1S/2C3H9Si.Hg/c2*1-4(2)3;/h2*1-3H3;. The molecule has 0 saturated heterocycles. The maximum atomic E-state index is 2.27. The zero-order valence-corrected chi connectivity index (χ0v) is 15.2. The van der Waals surface area contributed by atoms with E-state index in [9.17, 15) is 0 Å². The molecule has 0 unspecified atom stereocenters. The second-order valence-electron chi connectivity index (χ2n) is 3.00. The Morgan fingerprint density at radius 3 is 0.556 bits per heavy atom. The van der Waals surface area contributed by atoms with Crippen molar-refractivity contribution in [2.45, 2.75) is 39.3 Å². The molecule has 0 atom stereocenters. The summed E-state index contributed by atoms with van der Waals surface area (Å²) in [5.41, 5.74) is 0. The van der Waals surface area contributed by atoms with Crippen LogP contribution in [0.15, 0.2) is 0 Å². The van der Waals surface area contributed by atoms with Gasteiger partial charge in [-0.3, -0.25) is 0 Å². The Labute approximate surface area is 84.2 Å². The van der Waals surface area contributed by atoms with Crippen LogP contribution in [0.2, 0.25) is 39.3 Å². The second kappa shape index (κ2) is 12.1. The molecule has 3 heteroatoms. The molecule has 0 fully saturated rings. The Morgan fingerprint density at radius 1 is 0.556 bits per heavy atom. The topological polar surface area (TPSA) is 0 Å². The van der Waals surface area contributed by atoms with Crippen molar-refractivity contribution < 1.29 is 27.7 Å². The molecule has 0 aliphatic rings. The summed E-state index contributed by atoms with van der Waals surface area (Å²) in [7, 11) is 0.241. The van der Waals surface area contributed by atoms with E-state index >= 15 is 0 Å². The zero-order chi connectivity index (χ0) is 7.15. The Hall–Kier alpha value is 1.37. The molecular formula is C6H18HgSi2. The van der Waals surface area contributed by atoms with Gasteiger partial charge in [-0.05, 0) is 0 Å². The summed E-state index contributed by atoms with van der Waals surface area (Å²) in [6.45, 7) is 13.6. The van der Waals surface area contributed by atoms with Crippen molar-refractivity contribution in [1.82, 2.24) is 0 Å². The van der Waals surface area contributed by atoms with E-state index in [0.717, 1.165) is 0 Å². The number of hydrogen-bond donors (Lipinski definition) is 0. The van der Waals surface area contributed by atoms with E-state index in [4.69, 9.17) is 0 Å². The minimum atomic E-state index is 0. The van der Waals surface area contributed by atoms with Crippen LogP contribution in [0.1, 0.15) is 0 Å². The van der Waals surface area contributed by atoms with E-state index in [1.807, 2.05) is 0 Å². The average molecular weight is 347 g/mol. The minimum absolute atomic E-state index is 0. The van der Waals surface area contributed by atoms with Crippen LogP contribution in [0.5, 0.6) is 0 Å². The minimum Gasteiger partial charge on any atom is -0.0715 e. The van der Waals surface area contributed by atoms with Crippen LogP contribution >= 0.6 is 0 Å². The van der Waals surface area contributed by atoms with E-state index in [1.165, 1.54) is 0 Å². The Kier molecular flexibility index (Phi) is 22.5. The summed E-state index contributed by atoms with van der Waals surface area (Å²) < 4.78 is 0. The Bertz CT molecular complexity index is 26.5. The molecule has 0 N–H and O–H groups in total. The van der Waals surface area contributed by atoms with Crippen molar-refractivity contribution in [2.75, 3.05) is 0 Å².